The second-order valence-corrected chi connectivity index (χ2v) is 5.85. The van der Waals surface area contributed by atoms with Gasteiger partial charge in [-0.15, -0.1) is 0 Å². The zero-order valence-corrected chi connectivity index (χ0v) is 12.3. The number of amides is 2. The van der Waals surface area contributed by atoms with Gasteiger partial charge >= 0.3 is 6.03 Å². The Hall–Kier alpha value is -1.97. The van der Waals surface area contributed by atoms with Crippen molar-refractivity contribution in [3.05, 3.63) is 42.0 Å². The molecule has 0 atom stereocenters. The molecule has 2 amide bonds. The van der Waals surface area contributed by atoms with Gasteiger partial charge in [0.05, 0.1) is 0 Å². The maximum Gasteiger partial charge on any atom is 0.315 e. The number of carbonyl (C=O) groups excluding carboxylic acids is 1. The first-order valence-electron chi connectivity index (χ1n) is 7.84. The van der Waals surface area contributed by atoms with E-state index in [1.54, 1.807) is 0 Å². The summed E-state index contributed by atoms with van der Waals surface area (Å²) in [5.41, 5.74) is 2.37. The highest BCUT2D eigenvalue weighted by Crippen LogP contribution is 2.18. The summed E-state index contributed by atoms with van der Waals surface area (Å²) in [5.74, 6) is 0. The molecule has 0 spiro atoms. The first-order chi connectivity index (χ1) is 10.3. The van der Waals surface area contributed by atoms with Crippen LogP contribution >= 0.6 is 0 Å². The molecule has 112 valence electrons. The van der Waals surface area contributed by atoms with Gasteiger partial charge in [-0.3, -0.25) is 0 Å². The average molecular weight is 285 g/mol. The van der Waals surface area contributed by atoms with Crippen molar-refractivity contribution in [1.82, 2.24) is 10.6 Å². The van der Waals surface area contributed by atoms with Crippen molar-refractivity contribution in [2.45, 2.75) is 38.3 Å². The third-order valence-corrected chi connectivity index (χ3v) is 4.26. The van der Waals surface area contributed by atoms with Gasteiger partial charge in [0, 0.05) is 31.4 Å². The van der Waals surface area contributed by atoms with Crippen molar-refractivity contribution >= 4 is 11.7 Å². The van der Waals surface area contributed by atoms with Crippen LogP contribution in [0.25, 0.3) is 0 Å². The Morgan fingerprint density at radius 3 is 2.43 bits per heavy atom. The van der Waals surface area contributed by atoms with Crippen LogP contribution in [0.15, 0.2) is 36.4 Å². The number of hydrogen-bond acceptors (Lipinski definition) is 2. The fraction of sp³-hybridized carbons (Fsp3) is 0.471. The van der Waals surface area contributed by atoms with Crippen molar-refractivity contribution in [2.24, 2.45) is 0 Å². The lowest BCUT2D eigenvalue weighted by Crippen LogP contribution is -2.40. The minimum atomic E-state index is -0.0466. The maximum atomic E-state index is 11.8. The van der Waals surface area contributed by atoms with E-state index in [2.05, 4.69) is 52.0 Å². The number of anilines is 1. The summed E-state index contributed by atoms with van der Waals surface area (Å²) < 4.78 is 0. The Bertz CT molecular complexity index is 495. The van der Waals surface area contributed by atoms with E-state index in [4.69, 9.17) is 0 Å². The summed E-state index contributed by atoms with van der Waals surface area (Å²) in [5, 5.41) is 5.98. The number of benzene rings is 1. The van der Waals surface area contributed by atoms with Crippen LogP contribution in [0, 0.1) is 0 Å². The molecule has 4 heteroatoms. The van der Waals surface area contributed by atoms with Crippen LogP contribution in [0.4, 0.5) is 10.5 Å². The van der Waals surface area contributed by atoms with E-state index in [9.17, 15) is 4.79 Å². The normalized spacial score (nSPS) is 18.2. The molecule has 2 aliphatic rings. The van der Waals surface area contributed by atoms with Crippen molar-refractivity contribution in [1.29, 1.82) is 0 Å². The number of urea groups is 1. The van der Waals surface area contributed by atoms with E-state index < -0.39 is 0 Å². The van der Waals surface area contributed by atoms with E-state index in [1.807, 2.05) is 0 Å². The molecule has 1 aliphatic carbocycles. The Kier molecular flexibility index (Phi) is 4.43. The Morgan fingerprint density at radius 2 is 1.76 bits per heavy atom. The summed E-state index contributed by atoms with van der Waals surface area (Å²) in [7, 11) is 0. The molecule has 1 aromatic rings. The van der Waals surface area contributed by atoms with Crippen molar-refractivity contribution in [3.8, 4) is 0 Å². The van der Waals surface area contributed by atoms with E-state index in [0.717, 1.165) is 31.5 Å². The van der Waals surface area contributed by atoms with Crippen molar-refractivity contribution in [2.75, 3.05) is 18.0 Å². The smallest absolute Gasteiger partial charge is 0.315 e. The van der Waals surface area contributed by atoms with Gasteiger partial charge < -0.3 is 15.5 Å². The van der Waals surface area contributed by atoms with Gasteiger partial charge in [-0.25, -0.2) is 4.79 Å². The SMILES string of the molecule is O=C(NCc1ccc(N2CC=CC2)cc1)NC1CCCC1. The van der Waals surface area contributed by atoms with E-state index in [-0.39, 0.29) is 6.03 Å². The third-order valence-electron chi connectivity index (χ3n) is 4.26. The molecule has 2 N–H and O–H groups in total. The molecular formula is C17H23N3O. The van der Waals surface area contributed by atoms with Crippen LogP contribution in [-0.4, -0.2) is 25.2 Å². The van der Waals surface area contributed by atoms with E-state index in [1.165, 1.54) is 18.5 Å². The Labute approximate surface area is 126 Å². The second-order valence-electron chi connectivity index (χ2n) is 5.85. The first-order valence-corrected chi connectivity index (χ1v) is 7.84. The summed E-state index contributed by atoms with van der Waals surface area (Å²) in [6, 6.07) is 8.75. The molecule has 21 heavy (non-hydrogen) atoms. The molecule has 0 bridgehead atoms. The standard InChI is InChI=1S/C17H23N3O/c21-17(19-15-5-1-2-6-15)18-13-14-7-9-16(10-8-14)20-11-3-4-12-20/h3-4,7-10,15H,1-2,5-6,11-13H2,(H2,18,19,21). The van der Waals surface area contributed by atoms with Crippen LogP contribution in [0.3, 0.4) is 0 Å². The minimum absolute atomic E-state index is 0.0466. The van der Waals surface area contributed by atoms with Crippen LogP contribution in [0.5, 0.6) is 0 Å². The molecule has 1 heterocycles. The highest BCUT2D eigenvalue weighted by molar-refractivity contribution is 5.74. The summed E-state index contributed by atoms with van der Waals surface area (Å²) in [6.07, 6.45) is 9.07. The van der Waals surface area contributed by atoms with Crippen LogP contribution in [-0.2, 0) is 6.54 Å². The molecule has 1 aliphatic heterocycles. The molecule has 1 aromatic carbocycles. The topological polar surface area (TPSA) is 44.4 Å². The van der Waals surface area contributed by atoms with Crippen molar-refractivity contribution < 1.29 is 4.79 Å². The maximum absolute atomic E-state index is 11.8. The summed E-state index contributed by atoms with van der Waals surface area (Å²) in [6.45, 7) is 2.56. The Balaban J connectivity index is 1.45. The van der Waals surface area contributed by atoms with Crippen LogP contribution in [0.2, 0.25) is 0 Å². The average Bonchev–Trinajstić information content (AvgIpc) is 3.19. The van der Waals surface area contributed by atoms with Gasteiger partial charge in [-0.1, -0.05) is 37.1 Å². The summed E-state index contributed by atoms with van der Waals surface area (Å²) in [4.78, 5) is 14.1. The molecule has 0 aromatic heterocycles. The largest absolute Gasteiger partial charge is 0.364 e. The lowest BCUT2D eigenvalue weighted by atomic mass is 10.2. The zero-order chi connectivity index (χ0) is 14.5. The van der Waals surface area contributed by atoms with Crippen LogP contribution < -0.4 is 15.5 Å². The molecule has 4 nitrogen and oxygen atoms in total. The fourth-order valence-corrected chi connectivity index (χ4v) is 3.00. The second kappa shape index (κ2) is 6.66. The molecule has 3 rings (SSSR count). The Morgan fingerprint density at radius 1 is 1.10 bits per heavy atom. The predicted molar refractivity (Wildman–Crippen MR) is 85.4 cm³/mol. The number of hydrogen-bond donors (Lipinski definition) is 2. The monoisotopic (exact) mass is 285 g/mol. The quantitative estimate of drug-likeness (QED) is 0.836. The van der Waals surface area contributed by atoms with Gasteiger partial charge in [0.1, 0.15) is 0 Å². The molecule has 1 fully saturated rings. The van der Waals surface area contributed by atoms with E-state index in [0.29, 0.717) is 12.6 Å². The zero-order valence-electron chi connectivity index (χ0n) is 12.3. The van der Waals surface area contributed by atoms with Gasteiger partial charge in [0.2, 0.25) is 0 Å². The number of nitrogens with one attached hydrogen (secondary N) is 2. The van der Waals surface area contributed by atoms with Gasteiger partial charge in [0.15, 0.2) is 0 Å². The highest BCUT2D eigenvalue weighted by atomic mass is 16.2. The number of rotatable bonds is 4. The lowest BCUT2D eigenvalue weighted by molar-refractivity contribution is 0.236. The predicted octanol–water partition coefficient (Wildman–Crippen LogP) is 2.80. The minimum Gasteiger partial charge on any atom is -0.364 e. The van der Waals surface area contributed by atoms with Crippen LogP contribution in [0.1, 0.15) is 31.2 Å². The highest BCUT2D eigenvalue weighted by Gasteiger charge is 2.16. The molecule has 0 unspecified atom stereocenters. The van der Waals surface area contributed by atoms with Crippen molar-refractivity contribution in [3.63, 3.8) is 0 Å². The lowest BCUT2D eigenvalue weighted by Gasteiger charge is -2.18. The molecular weight excluding hydrogens is 262 g/mol. The van der Waals surface area contributed by atoms with E-state index >= 15 is 0 Å². The van der Waals surface area contributed by atoms with Gasteiger partial charge in [-0.2, -0.15) is 0 Å². The van der Waals surface area contributed by atoms with Gasteiger partial charge in [0.25, 0.3) is 0 Å². The molecule has 0 saturated heterocycles. The number of carbonyl (C=O) groups is 1. The third kappa shape index (κ3) is 3.78. The summed E-state index contributed by atoms with van der Waals surface area (Å²) >= 11 is 0. The number of nitrogens with zero attached hydrogens (tertiary/aromatic N) is 1. The van der Waals surface area contributed by atoms with Gasteiger partial charge in [-0.05, 0) is 30.5 Å². The molecule has 1 saturated carbocycles. The fourth-order valence-electron chi connectivity index (χ4n) is 3.00. The molecule has 0 radical (unpaired) electrons. The first kappa shape index (κ1) is 14.0.